The van der Waals surface area contributed by atoms with Gasteiger partial charge in [0.1, 0.15) is 0 Å². The van der Waals surface area contributed by atoms with Gasteiger partial charge in [-0.1, -0.05) is 17.7 Å². The van der Waals surface area contributed by atoms with Gasteiger partial charge in [0.05, 0.1) is 10.7 Å². The summed E-state index contributed by atoms with van der Waals surface area (Å²) >= 11 is 6.03. The van der Waals surface area contributed by atoms with Crippen LogP contribution in [0.4, 0.5) is 10.5 Å². The zero-order chi connectivity index (χ0) is 13.0. The van der Waals surface area contributed by atoms with E-state index in [0.29, 0.717) is 10.7 Å². The lowest BCUT2D eigenvalue weighted by atomic mass is 10.1. The molecule has 1 unspecified atom stereocenters. The van der Waals surface area contributed by atoms with Gasteiger partial charge in [0.25, 0.3) is 0 Å². The number of hydrogen-bond donors (Lipinski definition) is 3. The number of aryl methyl sites for hydroxylation is 1. The molecule has 4 nitrogen and oxygen atoms in total. The number of anilines is 1. The molecule has 2 amide bonds. The number of rotatable bonds is 2. The van der Waals surface area contributed by atoms with Crippen LogP contribution in [0.15, 0.2) is 18.2 Å². The lowest BCUT2D eigenvalue weighted by molar-refractivity contribution is 0.245. The van der Waals surface area contributed by atoms with Crippen LogP contribution in [0.1, 0.15) is 18.4 Å². The van der Waals surface area contributed by atoms with E-state index in [1.54, 1.807) is 6.07 Å². The molecule has 1 saturated heterocycles. The van der Waals surface area contributed by atoms with Crippen LogP contribution >= 0.6 is 24.0 Å². The van der Waals surface area contributed by atoms with E-state index in [9.17, 15) is 4.79 Å². The number of amides is 2. The Morgan fingerprint density at radius 2 is 2.26 bits per heavy atom. The highest BCUT2D eigenvalue weighted by atomic mass is 35.5. The largest absolute Gasteiger partial charge is 0.334 e. The van der Waals surface area contributed by atoms with Gasteiger partial charge in [-0.15, -0.1) is 12.4 Å². The molecule has 0 radical (unpaired) electrons. The number of carbonyl (C=O) groups is 1. The fourth-order valence-corrected chi connectivity index (χ4v) is 2.22. The van der Waals surface area contributed by atoms with Crippen molar-refractivity contribution in [1.29, 1.82) is 0 Å². The zero-order valence-corrected chi connectivity index (χ0v) is 12.4. The van der Waals surface area contributed by atoms with Crippen molar-refractivity contribution in [3.63, 3.8) is 0 Å². The Hall–Kier alpha value is -0.970. The van der Waals surface area contributed by atoms with Gasteiger partial charge in [-0.25, -0.2) is 4.79 Å². The fraction of sp³-hybridized carbons (Fsp3) is 0.462. The molecule has 6 heteroatoms. The van der Waals surface area contributed by atoms with Crippen LogP contribution < -0.4 is 16.0 Å². The summed E-state index contributed by atoms with van der Waals surface area (Å²) in [7, 11) is 0. The molecule has 1 fully saturated rings. The first-order valence-corrected chi connectivity index (χ1v) is 6.57. The van der Waals surface area contributed by atoms with Crippen molar-refractivity contribution in [3.05, 3.63) is 28.8 Å². The Bertz CT molecular complexity index is 434. The summed E-state index contributed by atoms with van der Waals surface area (Å²) in [6.45, 7) is 3.82. The van der Waals surface area contributed by atoms with Gasteiger partial charge in [0, 0.05) is 12.6 Å². The first-order chi connectivity index (χ1) is 8.65. The molecule has 1 aliphatic heterocycles. The first kappa shape index (κ1) is 16.1. The molecule has 0 aromatic heterocycles. The highest BCUT2D eigenvalue weighted by Gasteiger charge is 2.15. The maximum Gasteiger partial charge on any atom is 0.319 e. The average Bonchev–Trinajstić information content (AvgIpc) is 2.35. The molecule has 1 heterocycles. The van der Waals surface area contributed by atoms with Crippen LogP contribution in [-0.4, -0.2) is 25.2 Å². The number of piperidine rings is 1. The Balaban J connectivity index is 0.00000180. The van der Waals surface area contributed by atoms with E-state index >= 15 is 0 Å². The minimum absolute atomic E-state index is 0. The van der Waals surface area contributed by atoms with Gasteiger partial charge < -0.3 is 16.0 Å². The van der Waals surface area contributed by atoms with Gasteiger partial charge in [0.2, 0.25) is 0 Å². The highest BCUT2D eigenvalue weighted by molar-refractivity contribution is 6.33. The van der Waals surface area contributed by atoms with Crippen molar-refractivity contribution >= 4 is 35.7 Å². The Morgan fingerprint density at radius 1 is 1.47 bits per heavy atom. The van der Waals surface area contributed by atoms with Crippen LogP contribution in [0.2, 0.25) is 5.02 Å². The second-order valence-electron chi connectivity index (χ2n) is 4.63. The minimum atomic E-state index is -0.198. The van der Waals surface area contributed by atoms with E-state index in [1.807, 2.05) is 19.1 Å². The van der Waals surface area contributed by atoms with E-state index in [-0.39, 0.29) is 24.5 Å². The molecule has 0 aliphatic carbocycles. The molecule has 106 valence electrons. The predicted octanol–water partition coefficient (Wildman–Crippen LogP) is 2.94. The molecular formula is C13H19Cl2N3O. The third-order valence-corrected chi connectivity index (χ3v) is 3.33. The van der Waals surface area contributed by atoms with Crippen LogP contribution in [-0.2, 0) is 0 Å². The molecule has 0 saturated carbocycles. The molecule has 3 N–H and O–H groups in total. The molecule has 0 spiro atoms. The lowest BCUT2D eigenvalue weighted by Gasteiger charge is -2.24. The van der Waals surface area contributed by atoms with Gasteiger partial charge in [-0.05, 0) is 44.0 Å². The highest BCUT2D eigenvalue weighted by Crippen LogP contribution is 2.22. The summed E-state index contributed by atoms with van der Waals surface area (Å²) in [5.41, 5.74) is 1.71. The van der Waals surface area contributed by atoms with Crippen molar-refractivity contribution < 1.29 is 4.79 Å². The predicted molar refractivity (Wildman–Crippen MR) is 81.5 cm³/mol. The smallest absolute Gasteiger partial charge is 0.319 e. The third kappa shape index (κ3) is 4.90. The number of urea groups is 1. The SMILES string of the molecule is Cc1ccc(Cl)c(NC(=O)NC2CCCNC2)c1.Cl. The molecule has 0 bridgehead atoms. The quantitative estimate of drug-likeness (QED) is 0.787. The molecule has 1 atom stereocenters. The van der Waals surface area contributed by atoms with E-state index in [0.717, 1.165) is 31.5 Å². The van der Waals surface area contributed by atoms with Crippen molar-refractivity contribution in [2.45, 2.75) is 25.8 Å². The fourth-order valence-electron chi connectivity index (χ4n) is 2.05. The zero-order valence-electron chi connectivity index (χ0n) is 10.8. The second-order valence-corrected chi connectivity index (χ2v) is 5.03. The van der Waals surface area contributed by atoms with Crippen molar-refractivity contribution in [1.82, 2.24) is 10.6 Å². The first-order valence-electron chi connectivity index (χ1n) is 6.19. The van der Waals surface area contributed by atoms with Crippen LogP contribution in [0, 0.1) is 6.92 Å². The molecule has 2 rings (SSSR count). The van der Waals surface area contributed by atoms with E-state index < -0.39 is 0 Å². The van der Waals surface area contributed by atoms with Gasteiger partial charge >= 0.3 is 6.03 Å². The Morgan fingerprint density at radius 3 is 2.95 bits per heavy atom. The number of benzene rings is 1. The lowest BCUT2D eigenvalue weighted by Crippen LogP contribution is -2.47. The molecular weight excluding hydrogens is 285 g/mol. The van der Waals surface area contributed by atoms with Crippen LogP contribution in [0.25, 0.3) is 0 Å². The Labute approximate surface area is 124 Å². The van der Waals surface area contributed by atoms with E-state index in [1.165, 1.54) is 0 Å². The summed E-state index contributed by atoms with van der Waals surface area (Å²) < 4.78 is 0. The summed E-state index contributed by atoms with van der Waals surface area (Å²) in [5.74, 6) is 0. The van der Waals surface area contributed by atoms with Gasteiger partial charge in [-0.3, -0.25) is 0 Å². The maximum atomic E-state index is 11.8. The van der Waals surface area contributed by atoms with E-state index in [4.69, 9.17) is 11.6 Å². The topological polar surface area (TPSA) is 53.2 Å². The van der Waals surface area contributed by atoms with Crippen LogP contribution in [0.5, 0.6) is 0 Å². The summed E-state index contributed by atoms with van der Waals surface area (Å²) in [5, 5.41) is 9.54. The van der Waals surface area contributed by atoms with Crippen molar-refractivity contribution in [3.8, 4) is 0 Å². The van der Waals surface area contributed by atoms with E-state index in [2.05, 4.69) is 16.0 Å². The number of nitrogens with one attached hydrogen (secondary N) is 3. The van der Waals surface area contributed by atoms with Gasteiger partial charge in [0.15, 0.2) is 0 Å². The van der Waals surface area contributed by atoms with Crippen molar-refractivity contribution in [2.24, 2.45) is 0 Å². The third-order valence-electron chi connectivity index (χ3n) is 3.00. The second kappa shape index (κ2) is 7.58. The minimum Gasteiger partial charge on any atom is -0.334 e. The summed E-state index contributed by atoms with van der Waals surface area (Å²) in [6, 6.07) is 5.56. The van der Waals surface area contributed by atoms with Gasteiger partial charge in [-0.2, -0.15) is 0 Å². The number of carbonyl (C=O) groups excluding carboxylic acids is 1. The average molecular weight is 304 g/mol. The maximum absolute atomic E-state index is 11.8. The normalized spacial score (nSPS) is 18.3. The molecule has 1 aliphatic rings. The number of halogens is 2. The van der Waals surface area contributed by atoms with Crippen molar-refractivity contribution in [2.75, 3.05) is 18.4 Å². The standard InChI is InChI=1S/C13H18ClN3O.ClH/c1-9-4-5-11(14)12(7-9)17-13(18)16-10-3-2-6-15-8-10;/h4-5,7,10,15H,2-3,6,8H2,1H3,(H2,16,17,18);1H. The molecule has 19 heavy (non-hydrogen) atoms. The summed E-state index contributed by atoms with van der Waals surface area (Å²) in [6.07, 6.45) is 2.11. The summed E-state index contributed by atoms with van der Waals surface area (Å²) in [4.78, 5) is 11.8. The Kier molecular flexibility index (Phi) is 6.42. The molecule has 1 aromatic rings. The van der Waals surface area contributed by atoms with Crippen LogP contribution in [0.3, 0.4) is 0 Å². The number of hydrogen-bond acceptors (Lipinski definition) is 2. The molecule has 1 aromatic carbocycles. The monoisotopic (exact) mass is 303 g/mol.